The number of benzene rings is 2. The van der Waals surface area contributed by atoms with Crippen molar-refractivity contribution in [1.29, 1.82) is 0 Å². The molecule has 0 saturated heterocycles. The van der Waals surface area contributed by atoms with E-state index in [2.05, 4.69) is 40.4 Å². The summed E-state index contributed by atoms with van der Waals surface area (Å²) in [4.78, 5) is 12.5. The molecule has 2 aromatic rings. The summed E-state index contributed by atoms with van der Waals surface area (Å²) in [6, 6.07) is 12.8. The van der Waals surface area contributed by atoms with Crippen molar-refractivity contribution >= 4 is 44.9 Å². The van der Waals surface area contributed by atoms with Gasteiger partial charge in [0.1, 0.15) is 11.5 Å². The highest BCUT2D eigenvalue weighted by Crippen LogP contribution is 2.26. The maximum atomic E-state index is 12.5. The van der Waals surface area contributed by atoms with Crippen LogP contribution in [0.4, 0.5) is 5.69 Å². The summed E-state index contributed by atoms with van der Waals surface area (Å²) < 4.78 is 12.2. The van der Waals surface area contributed by atoms with Crippen molar-refractivity contribution in [2.45, 2.75) is 58.8 Å². The van der Waals surface area contributed by atoms with Gasteiger partial charge in [-0.25, -0.2) is 0 Å². The fourth-order valence-corrected chi connectivity index (χ4v) is 3.66. The lowest BCUT2D eigenvalue weighted by atomic mass is 10.2. The number of carbonyl (C=O) groups excluding carboxylic acids is 1. The van der Waals surface area contributed by atoms with Crippen LogP contribution in [0.3, 0.4) is 0 Å². The summed E-state index contributed by atoms with van der Waals surface area (Å²) in [6.07, 6.45) is 8.12. The van der Waals surface area contributed by atoms with E-state index in [4.69, 9.17) is 21.7 Å². The van der Waals surface area contributed by atoms with Gasteiger partial charge in [0.2, 0.25) is 0 Å². The largest absolute Gasteiger partial charge is 0.494 e. The van der Waals surface area contributed by atoms with Crippen LogP contribution in [0, 0.1) is 0 Å². The zero-order valence-electron chi connectivity index (χ0n) is 18.9. The average molecular weight is 522 g/mol. The summed E-state index contributed by atoms with van der Waals surface area (Å²) >= 11 is 8.75. The molecule has 5 nitrogen and oxygen atoms in total. The second-order valence-corrected chi connectivity index (χ2v) is 8.81. The van der Waals surface area contributed by atoms with Crippen molar-refractivity contribution < 1.29 is 14.3 Å². The molecule has 0 bridgehead atoms. The molecule has 0 fully saturated rings. The van der Waals surface area contributed by atoms with Crippen molar-refractivity contribution in [2.24, 2.45) is 0 Å². The van der Waals surface area contributed by atoms with Crippen LogP contribution in [-0.2, 0) is 0 Å². The van der Waals surface area contributed by atoms with Crippen LogP contribution in [0.2, 0.25) is 0 Å². The fourth-order valence-electron chi connectivity index (χ4n) is 2.95. The average Bonchev–Trinajstić information content (AvgIpc) is 2.78. The molecule has 1 amide bonds. The molecule has 0 unspecified atom stereocenters. The highest BCUT2D eigenvalue weighted by Gasteiger charge is 2.11. The van der Waals surface area contributed by atoms with Gasteiger partial charge in [-0.3, -0.25) is 10.1 Å². The van der Waals surface area contributed by atoms with E-state index in [0.717, 1.165) is 47.5 Å². The minimum Gasteiger partial charge on any atom is -0.494 e. The normalized spacial score (nSPS) is 10.5. The van der Waals surface area contributed by atoms with Gasteiger partial charge in [-0.15, -0.1) is 0 Å². The van der Waals surface area contributed by atoms with Crippen molar-refractivity contribution in [2.75, 3.05) is 18.5 Å². The van der Waals surface area contributed by atoms with E-state index in [1.165, 1.54) is 25.7 Å². The molecule has 0 aliphatic carbocycles. The Kier molecular flexibility index (Phi) is 12.1. The van der Waals surface area contributed by atoms with E-state index in [1.54, 1.807) is 18.2 Å². The van der Waals surface area contributed by atoms with Crippen molar-refractivity contribution in [3.63, 3.8) is 0 Å². The van der Waals surface area contributed by atoms with Gasteiger partial charge < -0.3 is 14.8 Å². The molecule has 0 spiro atoms. The van der Waals surface area contributed by atoms with Gasteiger partial charge in [0.05, 0.1) is 17.7 Å². The smallest absolute Gasteiger partial charge is 0.257 e. The quantitative estimate of drug-likeness (QED) is 0.217. The standard InChI is InChI=1S/C25H33BrN2O3S/c1-3-5-7-8-9-17-30-21-13-11-20(12-14-21)27-25(32)28-24(29)19-10-15-23(22(26)18-19)31-16-6-4-2/h10-15,18H,3-9,16-17H2,1-2H3,(H2,27,28,29,32). The van der Waals surface area contributed by atoms with E-state index in [0.29, 0.717) is 12.2 Å². The Balaban J connectivity index is 1.78. The monoisotopic (exact) mass is 520 g/mol. The number of hydrogen-bond donors (Lipinski definition) is 2. The minimum atomic E-state index is -0.286. The zero-order chi connectivity index (χ0) is 23.2. The van der Waals surface area contributed by atoms with E-state index >= 15 is 0 Å². The number of ether oxygens (including phenoxy) is 2. The first kappa shape index (κ1) is 26.1. The number of anilines is 1. The van der Waals surface area contributed by atoms with Gasteiger partial charge in [0.25, 0.3) is 5.91 Å². The third kappa shape index (κ3) is 9.57. The SMILES string of the molecule is CCCCCCCOc1ccc(NC(=S)NC(=O)c2ccc(OCCCC)c(Br)c2)cc1. The van der Waals surface area contributed by atoms with Gasteiger partial charge in [-0.1, -0.05) is 46.0 Å². The Morgan fingerprint density at radius 3 is 2.28 bits per heavy atom. The van der Waals surface area contributed by atoms with E-state index in [1.807, 2.05) is 24.3 Å². The van der Waals surface area contributed by atoms with Crippen molar-refractivity contribution in [1.82, 2.24) is 5.32 Å². The summed E-state index contributed by atoms with van der Waals surface area (Å²) in [7, 11) is 0. The van der Waals surface area contributed by atoms with E-state index < -0.39 is 0 Å². The van der Waals surface area contributed by atoms with Gasteiger partial charge in [0, 0.05) is 11.3 Å². The topological polar surface area (TPSA) is 59.6 Å². The summed E-state index contributed by atoms with van der Waals surface area (Å²) in [6.45, 7) is 5.70. The number of carbonyl (C=O) groups is 1. The minimum absolute atomic E-state index is 0.235. The first-order chi connectivity index (χ1) is 15.5. The number of thiocarbonyl (C=S) groups is 1. The van der Waals surface area contributed by atoms with E-state index in [9.17, 15) is 4.79 Å². The Hall–Kier alpha value is -2.12. The van der Waals surface area contributed by atoms with Crippen LogP contribution in [-0.4, -0.2) is 24.2 Å². The second kappa shape index (κ2) is 14.9. The molecule has 2 rings (SSSR count). The highest BCUT2D eigenvalue weighted by atomic mass is 79.9. The molecule has 0 radical (unpaired) electrons. The Labute approximate surface area is 205 Å². The molecule has 0 atom stereocenters. The van der Waals surface area contributed by atoms with Crippen LogP contribution < -0.4 is 20.1 Å². The Morgan fingerprint density at radius 1 is 0.906 bits per heavy atom. The molecule has 174 valence electrons. The number of rotatable bonds is 13. The first-order valence-corrected chi connectivity index (χ1v) is 12.5. The maximum Gasteiger partial charge on any atom is 0.257 e. The molecular weight excluding hydrogens is 488 g/mol. The number of halogens is 1. The fraction of sp³-hybridized carbons (Fsp3) is 0.440. The molecule has 32 heavy (non-hydrogen) atoms. The van der Waals surface area contributed by atoms with Gasteiger partial charge in [-0.2, -0.15) is 0 Å². The van der Waals surface area contributed by atoms with Crippen LogP contribution >= 0.6 is 28.1 Å². The number of nitrogens with one attached hydrogen (secondary N) is 2. The van der Waals surface area contributed by atoms with E-state index in [-0.39, 0.29) is 11.0 Å². The molecule has 7 heteroatoms. The van der Waals surface area contributed by atoms with Crippen LogP contribution in [0.5, 0.6) is 11.5 Å². The zero-order valence-corrected chi connectivity index (χ0v) is 21.3. The molecule has 0 saturated carbocycles. The molecular formula is C25H33BrN2O3S. The predicted octanol–water partition coefficient (Wildman–Crippen LogP) is 7.10. The van der Waals surface area contributed by atoms with Crippen LogP contribution in [0.25, 0.3) is 0 Å². The molecule has 0 aliphatic rings. The number of hydrogen-bond acceptors (Lipinski definition) is 4. The summed E-state index contributed by atoms with van der Waals surface area (Å²) in [5, 5.41) is 5.97. The molecule has 0 heterocycles. The lowest BCUT2D eigenvalue weighted by molar-refractivity contribution is 0.0977. The third-order valence-electron chi connectivity index (χ3n) is 4.81. The Bertz CT molecular complexity index is 859. The van der Waals surface area contributed by atoms with Gasteiger partial charge in [-0.05, 0) is 83.5 Å². The first-order valence-electron chi connectivity index (χ1n) is 11.3. The van der Waals surface area contributed by atoms with Crippen LogP contribution in [0.15, 0.2) is 46.9 Å². The summed E-state index contributed by atoms with van der Waals surface area (Å²) in [5.41, 5.74) is 1.28. The van der Waals surface area contributed by atoms with Crippen LogP contribution in [0.1, 0.15) is 69.2 Å². The van der Waals surface area contributed by atoms with Gasteiger partial charge >= 0.3 is 0 Å². The molecule has 0 aromatic heterocycles. The maximum absolute atomic E-state index is 12.5. The predicted molar refractivity (Wildman–Crippen MR) is 139 cm³/mol. The molecule has 2 N–H and O–H groups in total. The van der Waals surface area contributed by atoms with Crippen molar-refractivity contribution in [3.8, 4) is 11.5 Å². The lowest BCUT2D eigenvalue weighted by Gasteiger charge is -2.12. The summed E-state index contributed by atoms with van der Waals surface area (Å²) in [5.74, 6) is 1.26. The third-order valence-corrected chi connectivity index (χ3v) is 5.63. The van der Waals surface area contributed by atoms with Gasteiger partial charge in [0.15, 0.2) is 5.11 Å². The highest BCUT2D eigenvalue weighted by molar-refractivity contribution is 9.10. The number of amides is 1. The Morgan fingerprint density at radius 2 is 1.59 bits per heavy atom. The lowest BCUT2D eigenvalue weighted by Crippen LogP contribution is -2.34. The number of unbranched alkanes of at least 4 members (excludes halogenated alkanes) is 5. The second-order valence-electron chi connectivity index (χ2n) is 7.54. The van der Waals surface area contributed by atoms with Crippen molar-refractivity contribution in [3.05, 3.63) is 52.5 Å². The molecule has 2 aromatic carbocycles. The molecule has 0 aliphatic heterocycles.